The molecule has 1 aromatic heterocycles. The van der Waals surface area contributed by atoms with Crippen molar-refractivity contribution in [3.8, 4) is 0 Å². The third-order valence-corrected chi connectivity index (χ3v) is 4.27. The number of benzene rings is 2. The van der Waals surface area contributed by atoms with Crippen molar-refractivity contribution in [2.75, 3.05) is 30.5 Å². The average molecular weight is 395 g/mol. The van der Waals surface area contributed by atoms with Crippen molar-refractivity contribution in [2.45, 2.75) is 6.54 Å². The van der Waals surface area contributed by atoms with Crippen LogP contribution in [0.15, 0.2) is 71.3 Å². The normalized spacial score (nSPS) is 10.5. The molecule has 0 radical (unpaired) electrons. The molecule has 0 spiro atoms. The highest BCUT2D eigenvalue weighted by molar-refractivity contribution is 6.06. The first-order valence-electron chi connectivity index (χ1n) is 9.00. The van der Waals surface area contributed by atoms with E-state index in [0.29, 0.717) is 30.3 Å². The zero-order chi connectivity index (χ0) is 20.6. The van der Waals surface area contributed by atoms with E-state index in [9.17, 15) is 14.9 Å². The Hall–Kier alpha value is -3.65. The van der Waals surface area contributed by atoms with Crippen molar-refractivity contribution < 1.29 is 18.9 Å². The van der Waals surface area contributed by atoms with E-state index >= 15 is 0 Å². The molecule has 0 unspecified atom stereocenters. The predicted molar refractivity (Wildman–Crippen MR) is 109 cm³/mol. The fourth-order valence-corrected chi connectivity index (χ4v) is 2.86. The minimum atomic E-state index is -0.509. The van der Waals surface area contributed by atoms with Crippen LogP contribution in [0, 0.1) is 10.1 Å². The number of methoxy groups -OCH3 is 1. The van der Waals surface area contributed by atoms with Crippen molar-refractivity contribution in [1.29, 1.82) is 0 Å². The molecule has 0 aliphatic carbocycles. The molecule has 0 aliphatic heterocycles. The van der Waals surface area contributed by atoms with Crippen LogP contribution in [-0.2, 0) is 11.3 Å². The molecule has 1 N–H and O–H groups in total. The fraction of sp³-hybridized carbons (Fsp3) is 0.190. The molecule has 8 nitrogen and oxygen atoms in total. The van der Waals surface area contributed by atoms with E-state index in [1.807, 2.05) is 18.2 Å². The topological polar surface area (TPSA) is 97.8 Å². The third-order valence-electron chi connectivity index (χ3n) is 4.27. The Morgan fingerprint density at radius 1 is 1.17 bits per heavy atom. The zero-order valence-electron chi connectivity index (χ0n) is 15.9. The Kier molecular flexibility index (Phi) is 6.59. The van der Waals surface area contributed by atoms with Gasteiger partial charge < -0.3 is 19.4 Å². The number of para-hydroxylation sites is 1. The number of hydrogen-bond acceptors (Lipinski definition) is 6. The van der Waals surface area contributed by atoms with E-state index in [-0.39, 0.29) is 23.7 Å². The second-order valence-corrected chi connectivity index (χ2v) is 6.21. The summed E-state index contributed by atoms with van der Waals surface area (Å²) in [4.78, 5) is 25.8. The predicted octanol–water partition coefficient (Wildman–Crippen LogP) is 4.09. The molecule has 3 aromatic rings. The van der Waals surface area contributed by atoms with Gasteiger partial charge in [-0.05, 0) is 36.4 Å². The van der Waals surface area contributed by atoms with E-state index in [1.165, 1.54) is 23.3 Å². The quantitative estimate of drug-likeness (QED) is 0.333. The summed E-state index contributed by atoms with van der Waals surface area (Å²) in [5.41, 5.74) is 1.04. The first-order chi connectivity index (χ1) is 14.1. The molecular formula is C21H21N3O5. The van der Waals surface area contributed by atoms with Crippen LogP contribution in [0.3, 0.4) is 0 Å². The van der Waals surface area contributed by atoms with Crippen LogP contribution in [0.1, 0.15) is 16.1 Å². The maximum Gasteiger partial charge on any atom is 0.293 e. The van der Waals surface area contributed by atoms with E-state index < -0.39 is 4.92 Å². The lowest BCUT2D eigenvalue weighted by molar-refractivity contribution is -0.384. The standard InChI is InChI=1S/C21H21N3O5/c1-28-13-11-22-19-10-9-16(14-20(19)24(26)27)21(25)23(15-18-8-5-12-29-18)17-6-3-2-4-7-17/h2-10,12,14,22H,11,13,15H2,1H3. The number of carbonyl (C=O) groups is 1. The van der Waals surface area contributed by atoms with Gasteiger partial charge in [0.25, 0.3) is 11.6 Å². The highest BCUT2D eigenvalue weighted by Crippen LogP contribution is 2.28. The summed E-state index contributed by atoms with van der Waals surface area (Å²) < 4.78 is 10.3. The van der Waals surface area contributed by atoms with Gasteiger partial charge in [0.1, 0.15) is 11.4 Å². The molecule has 0 saturated heterocycles. The van der Waals surface area contributed by atoms with Crippen LogP contribution in [0.4, 0.5) is 17.1 Å². The molecule has 0 bridgehead atoms. The number of rotatable bonds is 9. The van der Waals surface area contributed by atoms with Gasteiger partial charge in [0.2, 0.25) is 0 Å². The van der Waals surface area contributed by atoms with Crippen molar-refractivity contribution in [2.24, 2.45) is 0 Å². The molecule has 0 saturated carbocycles. The zero-order valence-corrected chi connectivity index (χ0v) is 15.9. The third kappa shape index (κ3) is 4.99. The molecule has 0 atom stereocenters. The van der Waals surface area contributed by atoms with E-state index in [2.05, 4.69) is 5.32 Å². The summed E-state index contributed by atoms with van der Waals surface area (Å²) in [6.45, 7) is 1.03. The van der Waals surface area contributed by atoms with Crippen LogP contribution in [0.5, 0.6) is 0 Å². The summed E-state index contributed by atoms with van der Waals surface area (Å²) in [6, 6.07) is 17.0. The molecule has 150 valence electrons. The number of nitro groups is 1. The Morgan fingerprint density at radius 2 is 1.97 bits per heavy atom. The largest absolute Gasteiger partial charge is 0.467 e. The maximum absolute atomic E-state index is 13.2. The molecule has 1 amide bonds. The number of carbonyl (C=O) groups excluding carboxylic acids is 1. The van der Waals surface area contributed by atoms with Gasteiger partial charge >= 0.3 is 0 Å². The average Bonchev–Trinajstić information content (AvgIpc) is 3.26. The second-order valence-electron chi connectivity index (χ2n) is 6.21. The van der Waals surface area contributed by atoms with Crippen LogP contribution in [0.2, 0.25) is 0 Å². The van der Waals surface area contributed by atoms with Crippen molar-refractivity contribution in [3.63, 3.8) is 0 Å². The number of nitro benzene ring substituents is 1. The molecule has 2 aromatic carbocycles. The van der Waals surface area contributed by atoms with Crippen LogP contribution in [-0.4, -0.2) is 31.1 Å². The van der Waals surface area contributed by atoms with Gasteiger partial charge in [0.05, 0.1) is 24.3 Å². The molecule has 29 heavy (non-hydrogen) atoms. The van der Waals surface area contributed by atoms with Gasteiger partial charge in [-0.15, -0.1) is 0 Å². The second kappa shape index (κ2) is 9.52. The molecular weight excluding hydrogens is 374 g/mol. The smallest absolute Gasteiger partial charge is 0.293 e. The Bertz CT molecular complexity index is 958. The summed E-state index contributed by atoms with van der Waals surface area (Å²) >= 11 is 0. The summed E-state index contributed by atoms with van der Waals surface area (Å²) in [5, 5.41) is 14.5. The number of nitrogens with zero attached hydrogens (tertiary/aromatic N) is 2. The van der Waals surface area contributed by atoms with Gasteiger partial charge in [0, 0.05) is 31.0 Å². The Morgan fingerprint density at radius 3 is 2.62 bits per heavy atom. The number of hydrogen-bond donors (Lipinski definition) is 1. The van der Waals surface area contributed by atoms with E-state index in [4.69, 9.17) is 9.15 Å². The lowest BCUT2D eigenvalue weighted by Gasteiger charge is -2.22. The Balaban J connectivity index is 1.92. The lowest BCUT2D eigenvalue weighted by atomic mass is 10.1. The number of anilines is 2. The van der Waals surface area contributed by atoms with E-state index in [0.717, 1.165) is 0 Å². The van der Waals surface area contributed by atoms with Crippen LogP contribution >= 0.6 is 0 Å². The first-order valence-corrected chi connectivity index (χ1v) is 9.00. The monoisotopic (exact) mass is 395 g/mol. The number of nitrogens with one attached hydrogen (secondary N) is 1. The maximum atomic E-state index is 13.2. The lowest BCUT2D eigenvalue weighted by Crippen LogP contribution is -2.30. The SMILES string of the molecule is COCCNc1ccc(C(=O)N(Cc2ccco2)c2ccccc2)cc1[N+](=O)[O-]. The van der Waals surface area contributed by atoms with E-state index in [1.54, 1.807) is 37.4 Å². The summed E-state index contributed by atoms with van der Waals surface area (Å²) in [5.74, 6) is 0.244. The first kappa shape index (κ1) is 20.1. The summed E-state index contributed by atoms with van der Waals surface area (Å²) in [7, 11) is 1.55. The number of amides is 1. The molecule has 3 rings (SSSR count). The van der Waals surface area contributed by atoms with Crippen molar-refractivity contribution >= 4 is 23.0 Å². The van der Waals surface area contributed by atoms with Gasteiger partial charge in [-0.25, -0.2) is 0 Å². The van der Waals surface area contributed by atoms with Gasteiger partial charge in [-0.3, -0.25) is 14.9 Å². The van der Waals surface area contributed by atoms with Gasteiger partial charge in [-0.1, -0.05) is 18.2 Å². The Labute approximate surface area is 167 Å². The minimum absolute atomic E-state index is 0.169. The van der Waals surface area contributed by atoms with Gasteiger partial charge in [0.15, 0.2) is 0 Å². The van der Waals surface area contributed by atoms with Crippen LogP contribution < -0.4 is 10.2 Å². The minimum Gasteiger partial charge on any atom is -0.467 e. The molecule has 0 aliphatic rings. The van der Waals surface area contributed by atoms with Crippen LogP contribution in [0.25, 0.3) is 0 Å². The highest BCUT2D eigenvalue weighted by Gasteiger charge is 2.23. The number of ether oxygens (including phenoxy) is 1. The number of furan rings is 1. The summed E-state index contributed by atoms with van der Waals surface area (Å²) in [6.07, 6.45) is 1.54. The van der Waals surface area contributed by atoms with Crippen molar-refractivity contribution in [1.82, 2.24) is 0 Å². The molecule has 0 fully saturated rings. The van der Waals surface area contributed by atoms with Crippen molar-refractivity contribution in [3.05, 3.63) is 88.4 Å². The van der Waals surface area contributed by atoms with Gasteiger partial charge in [-0.2, -0.15) is 0 Å². The fourth-order valence-electron chi connectivity index (χ4n) is 2.86. The molecule has 8 heteroatoms. The molecule has 1 heterocycles. The highest BCUT2D eigenvalue weighted by atomic mass is 16.6.